The first-order valence-corrected chi connectivity index (χ1v) is 8.77. The third kappa shape index (κ3) is 1.77. The Bertz CT molecular complexity index is 579. The molecule has 0 unspecified atom stereocenters. The first kappa shape index (κ1) is 14.2. The zero-order chi connectivity index (χ0) is 14.8. The molecule has 0 bridgehead atoms. The highest BCUT2D eigenvalue weighted by atomic mass is 79.9. The maximum absolute atomic E-state index is 6.06. The molecule has 0 aromatic carbocycles. The van der Waals surface area contributed by atoms with Gasteiger partial charge in [-0.25, -0.2) is 0 Å². The van der Waals surface area contributed by atoms with E-state index < -0.39 is 0 Å². The standard InChI is InChI=1S/C16H23BrN2O2/c1-10-12-5-4-11-13(19(3)18-14(11)17)15(12,2)6-7-16(10)20-8-9-21-16/h10,12H,4-9H2,1-3H3/t10-,12-,15-/m0/s1. The normalized spacial score (nSPS) is 37.5. The molecule has 0 radical (unpaired) electrons. The Hall–Kier alpha value is -0.390. The molecule has 0 amide bonds. The van der Waals surface area contributed by atoms with Gasteiger partial charge in [-0.1, -0.05) is 13.8 Å². The summed E-state index contributed by atoms with van der Waals surface area (Å²) in [5.74, 6) is 0.706. The van der Waals surface area contributed by atoms with Crippen molar-refractivity contribution in [2.24, 2.45) is 18.9 Å². The van der Waals surface area contributed by atoms with E-state index in [9.17, 15) is 0 Å². The van der Waals surface area contributed by atoms with Gasteiger partial charge in [0, 0.05) is 36.1 Å². The molecule has 2 heterocycles. The first-order chi connectivity index (χ1) is 9.98. The second-order valence-electron chi connectivity index (χ2n) is 7.10. The Morgan fingerprint density at radius 2 is 2.00 bits per heavy atom. The third-order valence-corrected chi connectivity index (χ3v) is 6.86. The van der Waals surface area contributed by atoms with Gasteiger partial charge in [0.2, 0.25) is 0 Å². The van der Waals surface area contributed by atoms with Crippen molar-refractivity contribution in [1.29, 1.82) is 0 Å². The van der Waals surface area contributed by atoms with Gasteiger partial charge in [0.25, 0.3) is 0 Å². The zero-order valence-corrected chi connectivity index (χ0v) is 14.6. The lowest BCUT2D eigenvalue weighted by Crippen LogP contribution is -2.55. The molecule has 0 N–H and O–H groups in total. The molecule has 1 aromatic heterocycles. The molecule has 1 spiro atoms. The summed E-state index contributed by atoms with van der Waals surface area (Å²) in [6.07, 6.45) is 4.40. The molecule has 2 fully saturated rings. The Labute approximate surface area is 134 Å². The van der Waals surface area contributed by atoms with Gasteiger partial charge < -0.3 is 9.47 Å². The maximum atomic E-state index is 6.06. The fourth-order valence-electron chi connectivity index (χ4n) is 5.22. The Morgan fingerprint density at radius 1 is 1.29 bits per heavy atom. The SMILES string of the molecule is C[C@H]1[C@@H]2CCc3c(Br)nn(C)c3[C@@]2(C)CCC12OCCO2. The van der Waals surface area contributed by atoms with Crippen LogP contribution in [0.1, 0.15) is 44.4 Å². The van der Waals surface area contributed by atoms with E-state index in [-0.39, 0.29) is 11.2 Å². The summed E-state index contributed by atoms with van der Waals surface area (Å²) in [4.78, 5) is 0. The van der Waals surface area contributed by atoms with E-state index in [1.807, 2.05) is 0 Å². The minimum absolute atomic E-state index is 0.182. The first-order valence-electron chi connectivity index (χ1n) is 7.98. The lowest BCUT2D eigenvalue weighted by atomic mass is 9.55. The molecule has 4 nitrogen and oxygen atoms in total. The monoisotopic (exact) mass is 354 g/mol. The van der Waals surface area contributed by atoms with Crippen molar-refractivity contribution in [1.82, 2.24) is 9.78 Å². The van der Waals surface area contributed by atoms with Crippen LogP contribution in [0.25, 0.3) is 0 Å². The number of aryl methyl sites for hydroxylation is 1. The molecule has 4 rings (SSSR count). The molecule has 3 aliphatic rings. The number of halogens is 1. The van der Waals surface area contributed by atoms with Crippen molar-refractivity contribution in [2.75, 3.05) is 13.2 Å². The Kier molecular flexibility index (Phi) is 3.08. The van der Waals surface area contributed by atoms with E-state index in [0.29, 0.717) is 11.8 Å². The van der Waals surface area contributed by atoms with E-state index in [0.717, 1.165) is 37.1 Å². The summed E-state index contributed by atoms with van der Waals surface area (Å²) in [6.45, 7) is 6.23. The van der Waals surface area contributed by atoms with Crippen molar-refractivity contribution >= 4 is 15.9 Å². The molecule has 116 valence electrons. The molecule has 1 saturated carbocycles. The average molecular weight is 355 g/mol. The quantitative estimate of drug-likeness (QED) is 0.717. The van der Waals surface area contributed by atoms with Crippen LogP contribution in [-0.2, 0) is 28.4 Å². The smallest absolute Gasteiger partial charge is 0.171 e. The minimum Gasteiger partial charge on any atom is -0.347 e. The van der Waals surface area contributed by atoms with Crippen LogP contribution in [0, 0.1) is 11.8 Å². The van der Waals surface area contributed by atoms with Gasteiger partial charge in [-0.05, 0) is 41.1 Å². The van der Waals surface area contributed by atoms with Crippen LogP contribution >= 0.6 is 15.9 Å². The number of nitrogens with zero attached hydrogens (tertiary/aromatic N) is 2. The van der Waals surface area contributed by atoms with Crippen molar-refractivity contribution in [3.05, 3.63) is 15.9 Å². The molecule has 3 atom stereocenters. The lowest BCUT2D eigenvalue weighted by molar-refractivity contribution is -0.235. The van der Waals surface area contributed by atoms with E-state index in [2.05, 4.69) is 46.6 Å². The fraction of sp³-hybridized carbons (Fsp3) is 0.812. The highest BCUT2D eigenvalue weighted by Crippen LogP contribution is 2.57. The lowest BCUT2D eigenvalue weighted by Gasteiger charge is -2.54. The number of ether oxygens (including phenoxy) is 2. The van der Waals surface area contributed by atoms with Crippen LogP contribution in [0.4, 0.5) is 0 Å². The topological polar surface area (TPSA) is 36.3 Å². The van der Waals surface area contributed by atoms with Crippen LogP contribution in [-0.4, -0.2) is 28.8 Å². The van der Waals surface area contributed by atoms with E-state index >= 15 is 0 Å². The van der Waals surface area contributed by atoms with Crippen molar-refractivity contribution in [3.8, 4) is 0 Å². The highest BCUT2D eigenvalue weighted by molar-refractivity contribution is 9.10. The van der Waals surface area contributed by atoms with Gasteiger partial charge in [-0.2, -0.15) is 5.10 Å². The second-order valence-corrected chi connectivity index (χ2v) is 7.85. The molecule has 2 aliphatic carbocycles. The van der Waals surface area contributed by atoms with Crippen molar-refractivity contribution in [2.45, 2.75) is 50.7 Å². The summed E-state index contributed by atoms with van der Waals surface area (Å²) >= 11 is 3.64. The van der Waals surface area contributed by atoms with Crippen LogP contribution in [0.15, 0.2) is 4.60 Å². The zero-order valence-electron chi connectivity index (χ0n) is 13.0. The maximum Gasteiger partial charge on any atom is 0.171 e. The summed E-state index contributed by atoms with van der Waals surface area (Å²) in [7, 11) is 2.08. The highest BCUT2D eigenvalue weighted by Gasteiger charge is 2.58. The molecule has 21 heavy (non-hydrogen) atoms. The number of fused-ring (bicyclic) bond motifs is 3. The summed E-state index contributed by atoms with van der Waals surface area (Å²) in [6, 6.07) is 0. The van der Waals surface area contributed by atoms with Gasteiger partial charge in [0.1, 0.15) is 4.60 Å². The second kappa shape index (κ2) is 4.56. The average Bonchev–Trinajstić information content (AvgIpc) is 3.02. The predicted molar refractivity (Wildman–Crippen MR) is 83.1 cm³/mol. The predicted octanol–water partition coefficient (Wildman–Crippen LogP) is 3.18. The van der Waals surface area contributed by atoms with Gasteiger partial charge in [0.05, 0.1) is 13.2 Å². The van der Waals surface area contributed by atoms with Gasteiger partial charge in [0.15, 0.2) is 5.79 Å². The summed E-state index contributed by atoms with van der Waals surface area (Å²) < 4.78 is 15.2. The van der Waals surface area contributed by atoms with Crippen LogP contribution in [0.5, 0.6) is 0 Å². The summed E-state index contributed by atoms with van der Waals surface area (Å²) in [5.41, 5.74) is 3.01. The van der Waals surface area contributed by atoms with E-state index in [1.165, 1.54) is 17.7 Å². The van der Waals surface area contributed by atoms with Crippen molar-refractivity contribution < 1.29 is 9.47 Å². The van der Waals surface area contributed by atoms with Crippen molar-refractivity contribution in [3.63, 3.8) is 0 Å². The van der Waals surface area contributed by atoms with Crippen LogP contribution in [0.3, 0.4) is 0 Å². The Morgan fingerprint density at radius 3 is 2.71 bits per heavy atom. The largest absolute Gasteiger partial charge is 0.347 e. The van der Waals surface area contributed by atoms with Gasteiger partial charge in [-0.3, -0.25) is 4.68 Å². The molecule has 1 aliphatic heterocycles. The molecular weight excluding hydrogens is 332 g/mol. The van der Waals surface area contributed by atoms with Crippen LogP contribution in [0.2, 0.25) is 0 Å². The number of hydrogen-bond acceptors (Lipinski definition) is 3. The molecule has 1 aromatic rings. The van der Waals surface area contributed by atoms with Gasteiger partial charge >= 0.3 is 0 Å². The fourth-order valence-corrected chi connectivity index (χ4v) is 5.84. The minimum atomic E-state index is -0.322. The van der Waals surface area contributed by atoms with Crippen LogP contribution < -0.4 is 0 Å². The molecule has 1 saturated heterocycles. The van der Waals surface area contributed by atoms with E-state index in [4.69, 9.17) is 9.47 Å². The molecular formula is C16H23BrN2O2. The Balaban J connectivity index is 1.78. The number of aromatic nitrogens is 2. The number of rotatable bonds is 0. The van der Waals surface area contributed by atoms with Gasteiger partial charge in [-0.15, -0.1) is 0 Å². The molecule has 5 heteroatoms. The third-order valence-electron chi connectivity index (χ3n) is 6.23. The van der Waals surface area contributed by atoms with E-state index in [1.54, 1.807) is 0 Å². The number of hydrogen-bond donors (Lipinski definition) is 0. The summed E-state index contributed by atoms with van der Waals surface area (Å²) in [5, 5.41) is 4.61.